The lowest BCUT2D eigenvalue weighted by Crippen LogP contribution is -2.50. The first kappa shape index (κ1) is 20.9. The van der Waals surface area contributed by atoms with Crippen molar-refractivity contribution in [2.24, 2.45) is 0 Å². The number of hydrogen-bond donors (Lipinski definition) is 0. The van der Waals surface area contributed by atoms with E-state index in [1.54, 1.807) is 24.7 Å². The molecule has 174 valence electrons. The van der Waals surface area contributed by atoms with E-state index in [-0.39, 0.29) is 18.2 Å². The van der Waals surface area contributed by atoms with E-state index < -0.39 is 5.60 Å². The highest BCUT2D eigenvalue weighted by Gasteiger charge is 2.52. The van der Waals surface area contributed by atoms with E-state index in [0.717, 1.165) is 36.1 Å². The van der Waals surface area contributed by atoms with Crippen LogP contribution in [0.5, 0.6) is 0 Å². The minimum Gasteiger partial charge on any atom is -0.444 e. The molecule has 2 saturated carbocycles. The molecule has 0 unspecified atom stereocenters. The molecule has 3 fully saturated rings. The average Bonchev–Trinajstić information content (AvgIpc) is 3.74. The first-order chi connectivity index (χ1) is 16.3. The fourth-order valence-electron chi connectivity index (χ4n) is 4.99. The van der Waals surface area contributed by atoms with Crippen molar-refractivity contribution in [2.45, 2.75) is 63.6 Å². The number of aromatic nitrogens is 4. The predicted molar refractivity (Wildman–Crippen MR) is 126 cm³/mol. The lowest BCUT2D eigenvalue weighted by molar-refractivity contribution is 0.0218. The van der Waals surface area contributed by atoms with Gasteiger partial charge in [-0.05, 0) is 63.6 Å². The molecule has 3 aromatic rings. The van der Waals surface area contributed by atoms with Crippen LogP contribution < -0.4 is 4.90 Å². The Morgan fingerprint density at radius 2 is 2.00 bits per heavy atom. The second-order valence-electron chi connectivity index (χ2n) is 10.4. The Kier molecular flexibility index (Phi) is 4.56. The van der Waals surface area contributed by atoms with Gasteiger partial charge in [-0.3, -0.25) is 4.57 Å². The Morgan fingerprint density at radius 3 is 2.74 bits per heavy atom. The highest BCUT2D eigenvalue weighted by molar-refractivity contribution is 5.93. The quantitative estimate of drug-likeness (QED) is 0.590. The van der Waals surface area contributed by atoms with Gasteiger partial charge in [0.15, 0.2) is 5.65 Å². The van der Waals surface area contributed by atoms with E-state index >= 15 is 0 Å². The Bertz CT molecular complexity index is 1330. The van der Waals surface area contributed by atoms with Gasteiger partial charge < -0.3 is 14.5 Å². The molecule has 0 N–H and O–H groups in total. The molecule has 2 aliphatic carbocycles. The predicted octanol–water partition coefficient (Wildman–Crippen LogP) is 3.76. The first-order valence-electron chi connectivity index (χ1n) is 11.8. The molecule has 0 aromatic carbocycles. The number of ether oxygens (including phenoxy) is 1. The van der Waals surface area contributed by atoms with Crippen LogP contribution in [0.2, 0.25) is 0 Å². The summed E-state index contributed by atoms with van der Waals surface area (Å²) in [4.78, 5) is 30.8. The van der Waals surface area contributed by atoms with Crippen LogP contribution in [0.3, 0.4) is 0 Å². The van der Waals surface area contributed by atoms with E-state index in [4.69, 9.17) is 9.72 Å². The molecule has 0 spiro atoms. The maximum atomic E-state index is 12.7. The largest absolute Gasteiger partial charge is 0.444 e. The van der Waals surface area contributed by atoms with Gasteiger partial charge in [-0.25, -0.2) is 19.7 Å². The molecule has 3 aromatic heterocycles. The van der Waals surface area contributed by atoms with E-state index in [2.05, 4.69) is 27.1 Å². The van der Waals surface area contributed by atoms with Gasteiger partial charge in [-0.1, -0.05) is 0 Å². The number of nitriles is 1. The third kappa shape index (κ3) is 3.54. The smallest absolute Gasteiger partial charge is 0.410 e. The molecule has 6 rings (SSSR count). The summed E-state index contributed by atoms with van der Waals surface area (Å²) in [6.07, 6.45) is 8.36. The van der Waals surface area contributed by atoms with E-state index in [0.29, 0.717) is 30.4 Å². The van der Waals surface area contributed by atoms with Crippen molar-refractivity contribution in [1.82, 2.24) is 24.4 Å². The molecule has 9 nitrogen and oxygen atoms in total. The van der Waals surface area contributed by atoms with Crippen molar-refractivity contribution >= 4 is 22.9 Å². The molecule has 1 aliphatic heterocycles. The van der Waals surface area contributed by atoms with Gasteiger partial charge >= 0.3 is 6.09 Å². The molecule has 34 heavy (non-hydrogen) atoms. The molecule has 3 aliphatic rings. The normalized spacial score (nSPS) is 21.8. The Hall–Kier alpha value is -3.67. The zero-order valence-corrected chi connectivity index (χ0v) is 19.6. The molecule has 0 bridgehead atoms. The number of pyridine rings is 1. The summed E-state index contributed by atoms with van der Waals surface area (Å²) in [5, 5.41) is 10.4. The summed E-state index contributed by atoms with van der Waals surface area (Å²) < 4.78 is 7.61. The summed E-state index contributed by atoms with van der Waals surface area (Å²) in [7, 11) is 0. The van der Waals surface area contributed by atoms with E-state index in [1.165, 1.54) is 5.56 Å². The molecule has 2 atom stereocenters. The highest BCUT2D eigenvalue weighted by atomic mass is 16.6. The van der Waals surface area contributed by atoms with Gasteiger partial charge in [-0.2, -0.15) is 5.26 Å². The van der Waals surface area contributed by atoms with Crippen LogP contribution in [0.4, 0.5) is 10.6 Å². The number of fused-ring (bicyclic) bond motifs is 2. The molecule has 9 heteroatoms. The van der Waals surface area contributed by atoms with Crippen LogP contribution in [0.25, 0.3) is 16.9 Å². The van der Waals surface area contributed by atoms with Crippen LogP contribution in [0, 0.1) is 11.3 Å². The number of anilines is 1. The Morgan fingerprint density at radius 1 is 1.18 bits per heavy atom. The standard InChI is InChI=1S/C25H27N7O2/c1-25(2,3)34-24(33)31-9-8-30(18-11-19(18)31)22-21-17(16-4-5-16)13-32(23(21)29-14-28-22)20-10-15(12-26)6-7-27-20/h6-7,10,13-14,16,18-19H,4-5,8-9,11H2,1-3H3/t18-,19+/m1/s1. The summed E-state index contributed by atoms with van der Waals surface area (Å²) in [6, 6.07) is 6.06. The highest BCUT2D eigenvalue weighted by Crippen LogP contribution is 2.48. The summed E-state index contributed by atoms with van der Waals surface area (Å²) in [5.74, 6) is 2.10. The number of carbonyl (C=O) groups excluding carboxylic acids is 1. The second kappa shape index (κ2) is 7.42. The van der Waals surface area contributed by atoms with Gasteiger partial charge in [0, 0.05) is 25.5 Å². The fraction of sp³-hybridized carbons (Fsp3) is 0.480. The molecule has 4 heterocycles. The van der Waals surface area contributed by atoms with Crippen molar-refractivity contribution in [3.05, 3.63) is 42.0 Å². The number of hydrogen-bond acceptors (Lipinski definition) is 7. The summed E-state index contributed by atoms with van der Waals surface area (Å²) in [6.45, 7) is 6.99. The van der Waals surface area contributed by atoms with E-state index in [1.807, 2.05) is 30.2 Å². The lowest BCUT2D eigenvalue weighted by atomic mass is 10.1. The lowest BCUT2D eigenvalue weighted by Gasteiger charge is -2.36. The Labute approximate surface area is 198 Å². The third-order valence-electron chi connectivity index (χ3n) is 6.74. The molecular weight excluding hydrogens is 430 g/mol. The van der Waals surface area contributed by atoms with Crippen molar-refractivity contribution in [2.75, 3.05) is 18.0 Å². The SMILES string of the molecule is CC(C)(C)OC(=O)N1CCN(c2ncnc3c2c(C2CC2)cn3-c2cc(C#N)ccn2)[C@@H]2C[C@@H]21. The van der Waals surface area contributed by atoms with Crippen molar-refractivity contribution in [3.63, 3.8) is 0 Å². The summed E-state index contributed by atoms with van der Waals surface area (Å²) >= 11 is 0. The molecular formula is C25H27N7O2. The number of rotatable bonds is 3. The maximum absolute atomic E-state index is 12.7. The van der Waals surface area contributed by atoms with Crippen LogP contribution in [0.15, 0.2) is 30.9 Å². The number of nitrogens with zero attached hydrogens (tertiary/aromatic N) is 7. The van der Waals surface area contributed by atoms with Crippen LogP contribution in [-0.2, 0) is 4.74 Å². The second-order valence-corrected chi connectivity index (χ2v) is 10.4. The zero-order valence-electron chi connectivity index (χ0n) is 19.6. The van der Waals surface area contributed by atoms with Crippen LogP contribution in [0.1, 0.15) is 57.1 Å². The fourth-order valence-corrected chi connectivity index (χ4v) is 4.99. The Balaban J connectivity index is 1.37. The third-order valence-corrected chi connectivity index (χ3v) is 6.74. The van der Waals surface area contributed by atoms with Gasteiger partial charge in [0.05, 0.1) is 29.1 Å². The minimum absolute atomic E-state index is 0.147. The van der Waals surface area contributed by atoms with Crippen LogP contribution in [-0.4, -0.2) is 61.3 Å². The molecule has 0 radical (unpaired) electrons. The van der Waals surface area contributed by atoms with Crippen molar-refractivity contribution in [3.8, 4) is 11.9 Å². The van der Waals surface area contributed by atoms with Crippen molar-refractivity contribution in [1.29, 1.82) is 5.26 Å². The van der Waals surface area contributed by atoms with Crippen LogP contribution >= 0.6 is 0 Å². The zero-order chi connectivity index (χ0) is 23.6. The van der Waals surface area contributed by atoms with Crippen molar-refractivity contribution < 1.29 is 9.53 Å². The number of carbonyl (C=O) groups is 1. The van der Waals surface area contributed by atoms with E-state index in [9.17, 15) is 10.1 Å². The number of piperazine rings is 1. The topological polar surface area (TPSA) is 100 Å². The maximum Gasteiger partial charge on any atom is 0.410 e. The van der Waals surface area contributed by atoms with Gasteiger partial charge in [0.25, 0.3) is 0 Å². The average molecular weight is 458 g/mol. The van der Waals surface area contributed by atoms with Gasteiger partial charge in [0.1, 0.15) is 23.6 Å². The summed E-state index contributed by atoms with van der Waals surface area (Å²) in [5.41, 5.74) is 2.10. The van der Waals surface area contributed by atoms with Gasteiger partial charge in [0.2, 0.25) is 0 Å². The van der Waals surface area contributed by atoms with Gasteiger partial charge in [-0.15, -0.1) is 0 Å². The number of amides is 1. The monoisotopic (exact) mass is 457 g/mol. The molecule has 1 saturated heterocycles. The first-order valence-corrected chi connectivity index (χ1v) is 11.8. The molecule has 1 amide bonds. The minimum atomic E-state index is -0.504.